The van der Waals surface area contributed by atoms with Crippen molar-refractivity contribution in [2.24, 2.45) is 0 Å². The number of hydrogen-bond acceptors (Lipinski definition) is 5. The molecule has 0 amide bonds. The van der Waals surface area contributed by atoms with Crippen LogP contribution in [0.2, 0.25) is 0 Å². The van der Waals surface area contributed by atoms with Gasteiger partial charge in [-0.3, -0.25) is 0 Å². The van der Waals surface area contributed by atoms with E-state index in [1.807, 2.05) is 0 Å². The number of carbonyl (C=O) groups is 2. The molecule has 1 atom stereocenters. The van der Waals surface area contributed by atoms with Crippen LogP contribution in [-0.4, -0.2) is 37.9 Å². The third-order valence-corrected chi connectivity index (χ3v) is 2.04. The zero-order chi connectivity index (χ0) is 13.8. The number of hydrogen-bond donors (Lipinski definition) is 0. The minimum Gasteiger partial charge on any atom is -0.461 e. The van der Waals surface area contributed by atoms with Gasteiger partial charge in [-0.15, -0.1) is 0 Å². The van der Waals surface area contributed by atoms with Crippen molar-refractivity contribution in [3.05, 3.63) is 12.2 Å². The summed E-state index contributed by atoms with van der Waals surface area (Å²) in [6, 6.07) is 0. The van der Waals surface area contributed by atoms with E-state index in [1.165, 1.54) is 13.0 Å². The first-order chi connectivity index (χ1) is 8.61. The number of carbonyl (C=O) groups excluding carboxylic acids is 2. The Morgan fingerprint density at radius 2 is 1.94 bits per heavy atom. The Balaban J connectivity index is 3.65. The summed E-state index contributed by atoms with van der Waals surface area (Å²) in [6.07, 6.45) is 3.95. The molecule has 0 aliphatic heterocycles. The molecule has 0 saturated carbocycles. The summed E-state index contributed by atoms with van der Waals surface area (Å²) < 4.78 is 14.9. The van der Waals surface area contributed by atoms with Crippen LogP contribution in [-0.2, 0) is 23.8 Å². The summed E-state index contributed by atoms with van der Waals surface area (Å²) >= 11 is 0. The highest BCUT2D eigenvalue weighted by Gasteiger charge is 2.17. The van der Waals surface area contributed by atoms with Gasteiger partial charge in [0.15, 0.2) is 6.10 Å². The van der Waals surface area contributed by atoms with Crippen LogP contribution in [0, 0.1) is 0 Å². The highest BCUT2D eigenvalue weighted by Crippen LogP contribution is 1.97. The summed E-state index contributed by atoms with van der Waals surface area (Å²) in [5.74, 6) is -1.12. The van der Waals surface area contributed by atoms with E-state index in [0.29, 0.717) is 13.2 Å². The molecule has 5 nitrogen and oxygen atoms in total. The van der Waals surface area contributed by atoms with Crippen LogP contribution < -0.4 is 0 Å². The van der Waals surface area contributed by atoms with Crippen LogP contribution in [0.4, 0.5) is 0 Å². The van der Waals surface area contributed by atoms with Gasteiger partial charge in [0, 0.05) is 12.7 Å². The van der Waals surface area contributed by atoms with Crippen molar-refractivity contribution in [1.82, 2.24) is 0 Å². The third kappa shape index (κ3) is 8.75. The number of allylic oxidation sites excluding steroid dienone is 1. The maximum atomic E-state index is 11.4. The molecule has 0 fully saturated rings. The molecule has 0 rings (SSSR count). The van der Waals surface area contributed by atoms with Gasteiger partial charge >= 0.3 is 11.9 Å². The van der Waals surface area contributed by atoms with E-state index in [4.69, 9.17) is 14.2 Å². The molecule has 0 aromatic carbocycles. The maximum absolute atomic E-state index is 11.4. The molecule has 104 valence electrons. The largest absolute Gasteiger partial charge is 0.461 e. The minimum atomic E-state index is -0.899. The molecule has 0 radical (unpaired) electrons. The summed E-state index contributed by atoms with van der Waals surface area (Å²) in [6.45, 7) is 6.44. The molecular formula is C13H22O5. The zero-order valence-electron chi connectivity index (χ0n) is 11.3. The van der Waals surface area contributed by atoms with Crippen LogP contribution in [0.1, 0.15) is 33.6 Å². The quantitative estimate of drug-likeness (QED) is 0.359. The Morgan fingerprint density at radius 1 is 1.22 bits per heavy atom. The fourth-order valence-electron chi connectivity index (χ4n) is 1.06. The molecule has 0 heterocycles. The summed E-state index contributed by atoms with van der Waals surface area (Å²) in [7, 11) is 0. The number of esters is 2. The monoisotopic (exact) mass is 258 g/mol. The summed E-state index contributed by atoms with van der Waals surface area (Å²) in [5.41, 5.74) is 0. The number of unbranched alkanes of at least 4 members (excludes halogenated alkanes) is 1. The second-order valence-corrected chi connectivity index (χ2v) is 3.71. The van der Waals surface area contributed by atoms with Crippen molar-refractivity contribution < 1.29 is 23.8 Å². The van der Waals surface area contributed by atoms with E-state index >= 15 is 0 Å². The van der Waals surface area contributed by atoms with Crippen LogP contribution in [0.25, 0.3) is 0 Å². The molecule has 0 spiro atoms. The standard InChI is InChI=1S/C13H22O5/c1-4-6-8-16-9-10-17-13(15)11(3)18-12(14)7-5-2/h5,7,11H,4,6,8-10H2,1-3H3/b7-5+. The fourth-order valence-corrected chi connectivity index (χ4v) is 1.06. The van der Waals surface area contributed by atoms with E-state index in [9.17, 15) is 9.59 Å². The molecule has 1 unspecified atom stereocenters. The molecule has 18 heavy (non-hydrogen) atoms. The molecular weight excluding hydrogens is 236 g/mol. The maximum Gasteiger partial charge on any atom is 0.347 e. The average Bonchev–Trinajstić information content (AvgIpc) is 2.33. The molecule has 0 saturated heterocycles. The molecule has 0 aromatic rings. The van der Waals surface area contributed by atoms with Crippen LogP contribution >= 0.6 is 0 Å². The number of rotatable bonds is 9. The second-order valence-electron chi connectivity index (χ2n) is 3.71. The lowest BCUT2D eigenvalue weighted by Crippen LogP contribution is -2.26. The zero-order valence-corrected chi connectivity index (χ0v) is 11.3. The van der Waals surface area contributed by atoms with Gasteiger partial charge in [0.2, 0.25) is 0 Å². The van der Waals surface area contributed by atoms with Gasteiger partial charge in [0.1, 0.15) is 6.61 Å². The topological polar surface area (TPSA) is 61.8 Å². The Kier molecular flexibility index (Phi) is 9.96. The fraction of sp³-hybridized carbons (Fsp3) is 0.692. The van der Waals surface area contributed by atoms with E-state index in [0.717, 1.165) is 12.8 Å². The van der Waals surface area contributed by atoms with Gasteiger partial charge in [-0.05, 0) is 20.3 Å². The Hall–Kier alpha value is -1.36. The van der Waals surface area contributed by atoms with Crippen molar-refractivity contribution in [1.29, 1.82) is 0 Å². The summed E-state index contributed by atoms with van der Waals surface area (Å²) in [5, 5.41) is 0. The van der Waals surface area contributed by atoms with Crippen molar-refractivity contribution in [2.45, 2.75) is 39.7 Å². The molecule has 5 heteroatoms. The Bertz CT molecular complexity index is 273. The lowest BCUT2D eigenvalue weighted by molar-refractivity contribution is -0.164. The highest BCUT2D eigenvalue weighted by atomic mass is 16.6. The lowest BCUT2D eigenvalue weighted by Gasteiger charge is -2.11. The first kappa shape index (κ1) is 16.6. The SMILES string of the molecule is C/C=C/C(=O)OC(C)C(=O)OCCOCCCC. The van der Waals surface area contributed by atoms with Crippen LogP contribution in [0.3, 0.4) is 0 Å². The van der Waals surface area contributed by atoms with Gasteiger partial charge in [-0.25, -0.2) is 9.59 Å². The Morgan fingerprint density at radius 3 is 2.56 bits per heavy atom. The highest BCUT2D eigenvalue weighted by molar-refractivity contribution is 5.85. The first-order valence-electron chi connectivity index (χ1n) is 6.19. The van der Waals surface area contributed by atoms with E-state index in [1.54, 1.807) is 13.0 Å². The van der Waals surface area contributed by atoms with Crippen molar-refractivity contribution in [2.75, 3.05) is 19.8 Å². The van der Waals surface area contributed by atoms with Crippen molar-refractivity contribution >= 4 is 11.9 Å². The van der Waals surface area contributed by atoms with Gasteiger partial charge in [-0.1, -0.05) is 19.4 Å². The molecule has 0 N–H and O–H groups in total. The molecule has 0 aliphatic carbocycles. The summed E-state index contributed by atoms with van der Waals surface area (Å²) in [4.78, 5) is 22.5. The smallest absolute Gasteiger partial charge is 0.347 e. The lowest BCUT2D eigenvalue weighted by atomic mass is 10.4. The van der Waals surface area contributed by atoms with E-state index in [-0.39, 0.29) is 6.61 Å². The van der Waals surface area contributed by atoms with Gasteiger partial charge in [-0.2, -0.15) is 0 Å². The predicted molar refractivity (Wildman–Crippen MR) is 67.1 cm³/mol. The molecule has 0 aromatic heterocycles. The van der Waals surface area contributed by atoms with Gasteiger partial charge in [0.25, 0.3) is 0 Å². The van der Waals surface area contributed by atoms with Crippen LogP contribution in [0.5, 0.6) is 0 Å². The molecule has 0 bridgehead atoms. The van der Waals surface area contributed by atoms with Crippen molar-refractivity contribution in [3.63, 3.8) is 0 Å². The minimum absolute atomic E-state index is 0.175. The Labute approximate surface area is 108 Å². The first-order valence-corrected chi connectivity index (χ1v) is 6.19. The van der Waals surface area contributed by atoms with Gasteiger partial charge in [0.05, 0.1) is 6.61 Å². The second kappa shape index (κ2) is 10.8. The number of ether oxygens (including phenoxy) is 3. The van der Waals surface area contributed by atoms with E-state index in [2.05, 4.69) is 6.92 Å². The van der Waals surface area contributed by atoms with Gasteiger partial charge < -0.3 is 14.2 Å². The molecule has 0 aliphatic rings. The van der Waals surface area contributed by atoms with Crippen LogP contribution in [0.15, 0.2) is 12.2 Å². The average molecular weight is 258 g/mol. The normalized spacial score (nSPS) is 12.4. The van der Waals surface area contributed by atoms with E-state index < -0.39 is 18.0 Å². The third-order valence-electron chi connectivity index (χ3n) is 2.04. The predicted octanol–water partition coefficient (Wildman–Crippen LogP) is 1.85. The van der Waals surface area contributed by atoms with Crippen molar-refractivity contribution in [3.8, 4) is 0 Å².